The number of piperidine rings is 1. The Hall–Kier alpha value is -2.73. The van der Waals surface area contributed by atoms with Crippen molar-refractivity contribution < 1.29 is 4.79 Å². The summed E-state index contributed by atoms with van der Waals surface area (Å²) >= 11 is 0. The molecule has 3 aromatic rings. The van der Waals surface area contributed by atoms with Crippen LogP contribution in [0.2, 0.25) is 0 Å². The molecule has 2 atom stereocenters. The zero-order valence-corrected chi connectivity index (χ0v) is 15.1. The van der Waals surface area contributed by atoms with E-state index in [2.05, 4.69) is 45.7 Å². The second kappa shape index (κ2) is 6.88. The second-order valence-electron chi connectivity index (χ2n) is 6.96. The van der Waals surface area contributed by atoms with Gasteiger partial charge >= 0.3 is 0 Å². The molecule has 6 nitrogen and oxygen atoms in total. The smallest absolute Gasteiger partial charge is 0.220 e. The number of pyridine rings is 1. The van der Waals surface area contributed by atoms with Gasteiger partial charge in [0.05, 0.1) is 5.52 Å². The highest BCUT2D eigenvalue weighted by atomic mass is 16.1. The van der Waals surface area contributed by atoms with Crippen LogP contribution in [-0.4, -0.2) is 26.5 Å². The maximum atomic E-state index is 11.9. The molecule has 3 heterocycles. The molecule has 2 N–H and O–H groups in total. The van der Waals surface area contributed by atoms with Gasteiger partial charge in [0.1, 0.15) is 11.9 Å². The van der Waals surface area contributed by atoms with Crippen molar-refractivity contribution in [1.29, 1.82) is 0 Å². The van der Waals surface area contributed by atoms with Crippen LogP contribution in [0.1, 0.15) is 35.8 Å². The first-order valence-electron chi connectivity index (χ1n) is 8.96. The summed E-state index contributed by atoms with van der Waals surface area (Å²) in [5.74, 6) is 0.970. The molecule has 1 aliphatic heterocycles. The Morgan fingerprint density at radius 1 is 1.31 bits per heavy atom. The molecule has 26 heavy (non-hydrogen) atoms. The summed E-state index contributed by atoms with van der Waals surface area (Å²) in [5.41, 5.74) is 3.45. The van der Waals surface area contributed by atoms with Crippen molar-refractivity contribution in [3.8, 4) is 0 Å². The third-order valence-corrected chi connectivity index (χ3v) is 5.06. The van der Waals surface area contributed by atoms with Crippen LogP contribution in [0.3, 0.4) is 0 Å². The Morgan fingerprint density at radius 3 is 3.00 bits per heavy atom. The first-order valence-corrected chi connectivity index (χ1v) is 8.96. The number of nitrogens with zero attached hydrogens (tertiary/aromatic N) is 3. The van der Waals surface area contributed by atoms with Gasteiger partial charge < -0.3 is 15.2 Å². The highest BCUT2D eigenvalue weighted by molar-refractivity contribution is 5.82. The molecule has 0 radical (unpaired) electrons. The number of amides is 1. The van der Waals surface area contributed by atoms with E-state index in [1.165, 1.54) is 11.1 Å². The van der Waals surface area contributed by atoms with E-state index >= 15 is 0 Å². The van der Waals surface area contributed by atoms with Crippen molar-refractivity contribution in [2.45, 2.75) is 38.4 Å². The standard InChI is InChI=1S/C20H23N5O/c1-13-10-14(11-15-4-3-7-21-18(13)15)12-23-16-5-6-17(26)24-19(16)20-22-8-9-25(20)2/h3-4,7-11,16,19,23H,5-6,12H2,1-2H3,(H,24,26)/t16-,19-/m1/s1. The van der Waals surface area contributed by atoms with Crippen LogP contribution in [0.25, 0.3) is 10.9 Å². The highest BCUT2D eigenvalue weighted by Crippen LogP contribution is 2.24. The lowest BCUT2D eigenvalue weighted by molar-refractivity contribution is -0.124. The van der Waals surface area contributed by atoms with Crippen LogP contribution >= 0.6 is 0 Å². The van der Waals surface area contributed by atoms with Crippen molar-refractivity contribution in [2.24, 2.45) is 7.05 Å². The summed E-state index contributed by atoms with van der Waals surface area (Å²) in [4.78, 5) is 20.8. The average molecular weight is 349 g/mol. The largest absolute Gasteiger partial charge is 0.345 e. The van der Waals surface area contributed by atoms with E-state index in [0.717, 1.165) is 29.7 Å². The molecule has 1 aromatic carbocycles. The summed E-state index contributed by atoms with van der Waals surface area (Å²) < 4.78 is 1.97. The Balaban J connectivity index is 1.54. The summed E-state index contributed by atoms with van der Waals surface area (Å²) in [6.07, 6.45) is 6.85. The molecule has 0 spiro atoms. The van der Waals surface area contributed by atoms with Crippen molar-refractivity contribution in [2.75, 3.05) is 0 Å². The molecule has 1 amide bonds. The fourth-order valence-corrected chi connectivity index (χ4v) is 3.74. The molecule has 1 saturated heterocycles. The van der Waals surface area contributed by atoms with E-state index in [-0.39, 0.29) is 18.0 Å². The van der Waals surface area contributed by atoms with Gasteiger partial charge in [-0.25, -0.2) is 4.98 Å². The highest BCUT2D eigenvalue weighted by Gasteiger charge is 2.31. The van der Waals surface area contributed by atoms with Crippen LogP contribution in [-0.2, 0) is 18.4 Å². The van der Waals surface area contributed by atoms with Gasteiger partial charge in [-0.1, -0.05) is 12.1 Å². The van der Waals surface area contributed by atoms with Gasteiger partial charge in [0, 0.05) is 50.0 Å². The van der Waals surface area contributed by atoms with E-state index in [4.69, 9.17) is 0 Å². The van der Waals surface area contributed by atoms with Gasteiger partial charge in [-0.05, 0) is 36.6 Å². The Labute approximate surface area is 152 Å². The van der Waals surface area contributed by atoms with Gasteiger partial charge in [-0.3, -0.25) is 9.78 Å². The van der Waals surface area contributed by atoms with Crippen molar-refractivity contribution in [3.05, 3.63) is 59.8 Å². The first-order chi connectivity index (χ1) is 12.6. The normalized spacial score (nSPS) is 20.3. The molecule has 2 aromatic heterocycles. The topological polar surface area (TPSA) is 71.8 Å². The van der Waals surface area contributed by atoms with Gasteiger partial charge in [-0.15, -0.1) is 0 Å². The van der Waals surface area contributed by atoms with Crippen LogP contribution in [0.4, 0.5) is 0 Å². The number of imidazole rings is 1. The van der Waals surface area contributed by atoms with Crippen LogP contribution < -0.4 is 10.6 Å². The van der Waals surface area contributed by atoms with Gasteiger partial charge in [0.25, 0.3) is 0 Å². The number of hydrogen-bond donors (Lipinski definition) is 2. The van der Waals surface area contributed by atoms with E-state index < -0.39 is 0 Å². The number of carbonyl (C=O) groups is 1. The number of carbonyl (C=O) groups excluding carboxylic acids is 1. The molecule has 0 saturated carbocycles. The monoisotopic (exact) mass is 349 g/mol. The number of aromatic nitrogens is 3. The minimum absolute atomic E-state index is 0.0867. The molecule has 0 bridgehead atoms. The fourth-order valence-electron chi connectivity index (χ4n) is 3.74. The Bertz CT molecular complexity index is 948. The molecule has 6 heteroatoms. The first kappa shape index (κ1) is 16.7. The summed E-state index contributed by atoms with van der Waals surface area (Å²) in [6, 6.07) is 8.46. The van der Waals surface area contributed by atoms with Gasteiger partial charge in [-0.2, -0.15) is 0 Å². The molecular weight excluding hydrogens is 326 g/mol. The number of rotatable bonds is 4. The SMILES string of the molecule is Cc1cc(CN[C@@H]2CCC(=O)N[C@H]2c2nccn2C)cc2cccnc12. The van der Waals surface area contributed by atoms with Crippen molar-refractivity contribution >= 4 is 16.8 Å². The number of aryl methyl sites for hydroxylation is 2. The third-order valence-electron chi connectivity index (χ3n) is 5.06. The molecule has 1 aliphatic rings. The summed E-state index contributed by atoms with van der Waals surface area (Å²) in [7, 11) is 1.96. The maximum Gasteiger partial charge on any atom is 0.220 e. The number of fused-ring (bicyclic) bond motifs is 1. The van der Waals surface area contributed by atoms with Crippen LogP contribution in [0, 0.1) is 6.92 Å². The zero-order chi connectivity index (χ0) is 18.1. The van der Waals surface area contributed by atoms with E-state index in [0.29, 0.717) is 6.42 Å². The van der Waals surface area contributed by atoms with E-state index in [9.17, 15) is 4.79 Å². The second-order valence-corrected chi connectivity index (χ2v) is 6.96. The summed E-state index contributed by atoms with van der Waals surface area (Å²) in [6.45, 7) is 2.84. The van der Waals surface area contributed by atoms with Crippen molar-refractivity contribution in [1.82, 2.24) is 25.2 Å². The molecule has 134 valence electrons. The van der Waals surface area contributed by atoms with Crippen LogP contribution in [0.5, 0.6) is 0 Å². The predicted molar refractivity (Wildman–Crippen MR) is 100 cm³/mol. The minimum Gasteiger partial charge on any atom is -0.345 e. The fraction of sp³-hybridized carbons (Fsp3) is 0.350. The molecule has 1 fully saturated rings. The molecule has 4 rings (SSSR count). The van der Waals surface area contributed by atoms with Crippen molar-refractivity contribution in [3.63, 3.8) is 0 Å². The molecule has 0 aliphatic carbocycles. The van der Waals surface area contributed by atoms with Crippen LogP contribution in [0.15, 0.2) is 42.9 Å². The molecular formula is C20H23N5O. The maximum absolute atomic E-state index is 11.9. The predicted octanol–water partition coefficient (Wildman–Crippen LogP) is 2.39. The number of nitrogens with one attached hydrogen (secondary N) is 2. The summed E-state index contributed by atoms with van der Waals surface area (Å²) in [5, 5.41) is 7.87. The average Bonchev–Trinajstić information content (AvgIpc) is 3.06. The quantitative estimate of drug-likeness (QED) is 0.759. The van der Waals surface area contributed by atoms with E-state index in [1.54, 1.807) is 6.20 Å². The third kappa shape index (κ3) is 3.20. The lowest BCUT2D eigenvalue weighted by Crippen LogP contribution is -2.49. The van der Waals surface area contributed by atoms with Gasteiger partial charge in [0.15, 0.2) is 0 Å². The lowest BCUT2D eigenvalue weighted by atomic mass is 9.96. The molecule has 0 unspecified atom stereocenters. The number of benzene rings is 1. The zero-order valence-electron chi connectivity index (χ0n) is 15.1. The minimum atomic E-state index is -0.112. The Morgan fingerprint density at radius 2 is 2.19 bits per heavy atom. The van der Waals surface area contributed by atoms with Gasteiger partial charge in [0.2, 0.25) is 5.91 Å². The lowest BCUT2D eigenvalue weighted by Gasteiger charge is -2.32. The van der Waals surface area contributed by atoms with E-state index in [1.807, 2.05) is 30.1 Å². The number of hydrogen-bond acceptors (Lipinski definition) is 4. The Kier molecular flexibility index (Phi) is 4.42.